The van der Waals surface area contributed by atoms with E-state index in [0.29, 0.717) is 11.4 Å². The van der Waals surface area contributed by atoms with E-state index in [4.69, 9.17) is 4.98 Å². The number of sulfonamides is 1. The number of hydrogen-bond donors (Lipinski definition) is 0. The van der Waals surface area contributed by atoms with Gasteiger partial charge >= 0.3 is 0 Å². The minimum absolute atomic E-state index is 0.169. The van der Waals surface area contributed by atoms with Crippen LogP contribution in [0, 0.1) is 6.92 Å². The zero-order chi connectivity index (χ0) is 17.4. The van der Waals surface area contributed by atoms with Crippen molar-refractivity contribution in [2.75, 3.05) is 6.54 Å². The molecule has 25 heavy (non-hydrogen) atoms. The van der Waals surface area contributed by atoms with E-state index in [9.17, 15) is 8.42 Å². The highest BCUT2D eigenvalue weighted by molar-refractivity contribution is 7.89. The van der Waals surface area contributed by atoms with Crippen LogP contribution in [0.25, 0.3) is 10.2 Å². The third-order valence-corrected chi connectivity index (χ3v) is 7.74. The number of nitrogens with zero attached hydrogens (tertiary/aromatic N) is 2. The number of aromatic nitrogens is 1. The molecule has 6 heteroatoms. The molecule has 2 aromatic carbocycles. The normalized spacial score (nSPS) is 19.3. The van der Waals surface area contributed by atoms with E-state index in [0.717, 1.165) is 40.1 Å². The van der Waals surface area contributed by atoms with Gasteiger partial charge in [0.1, 0.15) is 5.01 Å². The number of aryl methyl sites for hydroxylation is 1. The van der Waals surface area contributed by atoms with Crippen molar-refractivity contribution in [3.05, 3.63) is 59.1 Å². The SMILES string of the molecule is Cc1ccc(S(=O)(=O)N2CCCC[C@H]2c2nc3ccccc3s2)cc1. The van der Waals surface area contributed by atoms with Crippen molar-refractivity contribution in [1.29, 1.82) is 0 Å². The molecule has 0 N–H and O–H groups in total. The quantitative estimate of drug-likeness (QED) is 0.679. The van der Waals surface area contributed by atoms with Gasteiger partial charge in [-0.25, -0.2) is 13.4 Å². The summed E-state index contributed by atoms with van der Waals surface area (Å²) in [6.07, 6.45) is 2.75. The van der Waals surface area contributed by atoms with E-state index < -0.39 is 10.0 Å². The van der Waals surface area contributed by atoms with Crippen LogP contribution < -0.4 is 0 Å². The van der Waals surface area contributed by atoms with Crippen LogP contribution in [-0.4, -0.2) is 24.3 Å². The Balaban J connectivity index is 1.74. The summed E-state index contributed by atoms with van der Waals surface area (Å²) in [6.45, 7) is 2.51. The highest BCUT2D eigenvalue weighted by Gasteiger charge is 2.36. The average Bonchev–Trinajstić information content (AvgIpc) is 3.06. The Labute approximate surface area is 152 Å². The molecule has 1 aliphatic heterocycles. The van der Waals surface area contributed by atoms with Crippen molar-refractivity contribution in [3.63, 3.8) is 0 Å². The van der Waals surface area contributed by atoms with E-state index in [-0.39, 0.29) is 6.04 Å². The molecular formula is C19H20N2O2S2. The van der Waals surface area contributed by atoms with E-state index in [1.54, 1.807) is 27.8 Å². The Morgan fingerprint density at radius 1 is 1.08 bits per heavy atom. The first kappa shape index (κ1) is 16.7. The molecule has 1 aromatic heterocycles. The summed E-state index contributed by atoms with van der Waals surface area (Å²) >= 11 is 1.60. The van der Waals surface area contributed by atoms with Crippen molar-refractivity contribution in [1.82, 2.24) is 9.29 Å². The van der Waals surface area contributed by atoms with Crippen molar-refractivity contribution >= 4 is 31.6 Å². The minimum Gasteiger partial charge on any atom is -0.239 e. The highest BCUT2D eigenvalue weighted by atomic mass is 32.2. The topological polar surface area (TPSA) is 50.3 Å². The van der Waals surface area contributed by atoms with Gasteiger partial charge in [-0.15, -0.1) is 11.3 Å². The second-order valence-electron chi connectivity index (χ2n) is 6.46. The largest absolute Gasteiger partial charge is 0.243 e. The molecule has 1 aliphatic rings. The first-order chi connectivity index (χ1) is 12.1. The summed E-state index contributed by atoms with van der Waals surface area (Å²) in [5.74, 6) is 0. The van der Waals surface area contributed by atoms with Crippen LogP contribution in [0.2, 0.25) is 0 Å². The molecule has 0 amide bonds. The number of piperidine rings is 1. The molecule has 130 valence electrons. The third-order valence-electron chi connectivity index (χ3n) is 4.68. The molecule has 0 bridgehead atoms. The first-order valence-electron chi connectivity index (χ1n) is 8.50. The van der Waals surface area contributed by atoms with Gasteiger partial charge in [-0.3, -0.25) is 0 Å². The fraction of sp³-hybridized carbons (Fsp3) is 0.316. The van der Waals surface area contributed by atoms with Gasteiger partial charge in [-0.2, -0.15) is 4.31 Å². The monoisotopic (exact) mass is 372 g/mol. The Kier molecular flexibility index (Phi) is 4.35. The van der Waals surface area contributed by atoms with E-state index in [1.807, 2.05) is 43.3 Å². The van der Waals surface area contributed by atoms with Gasteiger partial charge in [-0.1, -0.05) is 36.2 Å². The number of benzene rings is 2. The van der Waals surface area contributed by atoms with Gasteiger partial charge in [-0.05, 0) is 44.0 Å². The molecule has 1 saturated heterocycles. The van der Waals surface area contributed by atoms with Crippen LogP contribution in [-0.2, 0) is 10.0 Å². The molecule has 4 nitrogen and oxygen atoms in total. The van der Waals surface area contributed by atoms with Gasteiger partial charge in [0.15, 0.2) is 0 Å². The molecule has 4 rings (SSSR count). The maximum absolute atomic E-state index is 13.2. The molecule has 0 aliphatic carbocycles. The van der Waals surface area contributed by atoms with Crippen molar-refractivity contribution in [2.24, 2.45) is 0 Å². The van der Waals surface area contributed by atoms with E-state index in [1.165, 1.54) is 0 Å². The minimum atomic E-state index is -3.51. The lowest BCUT2D eigenvalue weighted by atomic mass is 10.1. The van der Waals surface area contributed by atoms with Crippen molar-refractivity contribution < 1.29 is 8.42 Å². The molecule has 1 atom stereocenters. The van der Waals surface area contributed by atoms with Crippen LogP contribution >= 0.6 is 11.3 Å². The highest BCUT2D eigenvalue weighted by Crippen LogP contribution is 2.38. The fourth-order valence-electron chi connectivity index (χ4n) is 3.32. The van der Waals surface area contributed by atoms with Crippen molar-refractivity contribution in [2.45, 2.75) is 37.1 Å². The van der Waals surface area contributed by atoms with Crippen LogP contribution in [0.1, 0.15) is 35.9 Å². The summed E-state index contributed by atoms with van der Waals surface area (Å²) in [6, 6.07) is 14.9. The van der Waals surface area contributed by atoms with Crippen LogP contribution in [0.5, 0.6) is 0 Å². The molecular weight excluding hydrogens is 352 g/mol. The number of rotatable bonds is 3. The molecule has 0 spiro atoms. The molecule has 1 fully saturated rings. The Morgan fingerprint density at radius 3 is 2.60 bits per heavy atom. The molecule has 0 saturated carbocycles. The van der Waals surface area contributed by atoms with Crippen molar-refractivity contribution in [3.8, 4) is 0 Å². The van der Waals surface area contributed by atoms with E-state index >= 15 is 0 Å². The number of fused-ring (bicyclic) bond motifs is 1. The number of para-hydroxylation sites is 1. The Bertz CT molecular complexity index is 961. The first-order valence-corrected chi connectivity index (χ1v) is 10.8. The average molecular weight is 373 g/mol. The summed E-state index contributed by atoms with van der Waals surface area (Å²) in [5.41, 5.74) is 2.00. The maximum Gasteiger partial charge on any atom is 0.243 e. The van der Waals surface area contributed by atoms with Gasteiger partial charge in [0.05, 0.1) is 21.2 Å². The number of thiazole rings is 1. The summed E-state index contributed by atoms with van der Waals surface area (Å²) in [5, 5.41) is 0.900. The Hall–Kier alpha value is -1.76. The predicted molar refractivity (Wildman–Crippen MR) is 101 cm³/mol. The lowest BCUT2D eigenvalue weighted by Gasteiger charge is -2.33. The Morgan fingerprint density at radius 2 is 1.84 bits per heavy atom. The third kappa shape index (κ3) is 3.10. The second kappa shape index (κ2) is 6.52. The summed E-state index contributed by atoms with van der Waals surface area (Å²) in [4.78, 5) is 5.09. The van der Waals surface area contributed by atoms with Crippen LogP contribution in [0.3, 0.4) is 0 Å². The predicted octanol–water partition coefficient (Wildman–Crippen LogP) is 4.52. The van der Waals surface area contributed by atoms with Gasteiger partial charge in [0.2, 0.25) is 10.0 Å². The van der Waals surface area contributed by atoms with Gasteiger partial charge < -0.3 is 0 Å². The standard InChI is InChI=1S/C19H20N2O2S2/c1-14-9-11-15(12-10-14)25(22,23)21-13-5-4-7-17(21)19-20-16-6-2-3-8-18(16)24-19/h2-3,6,8-12,17H,4-5,7,13H2,1H3/t17-/m0/s1. The molecule has 2 heterocycles. The zero-order valence-electron chi connectivity index (χ0n) is 14.1. The van der Waals surface area contributed by atoms with Gasteiger partial charge in [0.25, 0.3) is 0 Å². The van der Waals surface area contributed by atoms with Gasteiger partial charge in [0, 0.05) is 6.54 Å². The smallest absolute Gasteiger partial charge is 0.239 e. The van der Waals surface area contributed by atoms with E-state index in [2.05, 4.69) is 0 Å². The lowest BCUT2D eigenvalue weighted by molar-refractivity contribution is 0.255. The summed E-state index contributed by atoms with van der Waals surface area (Å²) < 4.78 is 29.2. The maximum atomic E-state index is 13.2. The molecule has 0 unspecified atom stereocenters. The number of hydrogen-bond acceptors (Lipinski definition) is 4. The molecule has 3 aromatic rings. The lowest BCUT2D eigenvalue weighted by Crippen LogP contribution is -2.38. The van der Waals surface area contributed by atoms with Crippen LogP contribution in [0.15, 0.2) is 53.4 Å². The van der Waals surface area contributed by atoms with Crippen LogP contribution in [0.4, 0.5) is 0 Å². The zero-order valence-corrected chi connectivity index (χ0v) is 15.7. The fourth-order valence-corrected chi connectivity index (χ4v) is 6.16. The summed E-state index contributed by atoms with van der Waals surface area (Å²) in [7, 11) is -3.51. The molecule has 0 radical (unpaired) electrons. The second-order valence-corrected chi connectivity index (χ2v) is 9.41.